The van der Waals surface area contributed by atoms with Gasteiger partial charge in [-0.1, -0.05) is 32.3 Å². The highest BCUT2D eigenvalue weighted by Gasteiger charge is 2.18. The SMILES string of the molecule is Cc1cccnc1NCCC1CCCC(C)C1. The molecule has 0 aliphatic heterocycles. The van der Waals surface area contributed by atoms with Crippen LogP contribution in [0.3, 0.4) is 0 Å². The zero-order valence-electron chi connectivity index (χ0n) is 11.1. The highest BCUT2D eigenvalue weighted by Crippen LogP contribution is 2.30. The van der Waals surface area contributed by atoms with Crippen LogP contribution in [0.1, 0.15) is 44.6 Å². The Hall–Kier alpha value is -1.05. The van der Waals surface area contributed by atoms with Gasteiger partial charge in [-0.15, -0.1) is 0 Å². The average molecular weight is 232 g/mol. The Bertz CT molecular complexity index is 349. The Morgan fingerprint density at radius 2 is 2.29 bits per heavy atom. The van der Waals surface area contributed by atoms with E-state index < -0.39 is 0 Å². The standard InChI is InChI=1S/C15H24N2/c1-12-5-3-7-14(11-12)8-10-17-15-13(2)6-4-9-16-15/h4,6,9,12,14H,3,5,7-8,10-11H2,1-2H3,(H,16,17). The van der Waals surface area contributed by atoms with E-state index in [9.17, 15) is 0 Å². The summed E-state index contributed by atoms with van der Waals surface area (Å²) >= 11 is 0. The Labute approximate surface area is 105 Å². The molecule has 2 atom stereocenters. The third kappa shape index (κ3) is 3.72. The van der Waals surface area contributed by atoms with Crippen LogP contribution in [0, 0.1) is 18.8 Å². The summed E-state index contributed by atoms with van der Waals surface area (Å²) in [4.78, 5) is 4.36. The van der Waals surface area contributed by atoms with Gasteiger partial charge in [-0.25, -0.2) is 4.98 Å². The molecule has 1 aromatic rings. The van der Waals surface area contributed by atoms with E-state index in [1.807, 2.05) is 12.3 Å². The average Bonchev–Trinajstić information content (AvgIpc) is 2.32. The third-order valence-electron chi connectivity index (χ3n) is 3.90. The van der Waals surface area contributed by atoms with Gasteiger partial charge in [-0.3, -0.25) is 0 Å². The molecule has 94 valence electrons. The summed E-state index contributed by atoms with van der Waals surface area (Å²) < 4.78 is 0. The fraction of sp³-hybridized carbons (Fsp3) is 0.667. The Kier molecular flexibility index (Phi) is 4.41. The Balaban J connectivity index is 1.74. The van der Waals surface area contributed by atoms with Gasteiger partial charge in [-0.05, 0) is 43.2 Å². The van der Waals surface area contributed by atoms with Crippen molar-refractivity contribution in [1.82, 2.24) is 4.98 Å². The predicted octanol–water partition coefficient (Wildman–Crippen LogP) is 4.02. The highest BCUT2D eigenvalue weighted by molar-refractivity contribution is 5.42. The van der Waals surface area contributed by atoms with Crippen LogP contribution in [0.4, 0.5) is 5.82 Å². The first kappa shape index (κ1) is 12.4. The quantitative estimate of drug-likeness (QED) is 0.848. The maximum atomic E-state index is 4.36. The number of aromatic nitrogens is 1. The molecule has 17 heavy (non-hydrogen) atoms. The number of pyridine rings is 1. The van der Waals surface area contributed by atoms with Gasteiger partial charge in [0.25, 0.3) is 0 Å². The van der Waals surface area contributed by atoms with E-state index in [2.05, 4.69) is 30.2 Å². The Morgan fingerprint density at radius 3 is 3.06 bits per heavy atom. The number of nitrogens with zero attached hydrogens (tertiary/aromatic N) is 1. The van der Waals surface area contributed by atoms with Crippen LogP contribution >= 0.6 is 0 Å². The van der Waals surface area contributed by atoms with Gasteiger partial charge < -0.3 is 5.32 Å². The largest absolute Gasteiger partial charge is 0.370 e. The lowest BCUT2D eigenvalue weighted by Crippen LogP contribution is -2.17. The number of hydrogen-bond donors (Lipinski definition) is 1. The van der Waals surface area contributed by atoms with Crippen LogP contribution in [0.25, 0.3) is 0 Å². The first-order chi connectivity index (χ1) is 8.25. The zero-order valence-corrected chi connectivity index (χ0v) is 11.1. The van der Waals surface area contributed by atoms with Gasteiger partial charge in [0.15, 0.2) is 0 Å². The van der Waals surface area contributed by atoms with Crippen molar-refractivity contribution in [3.8, 4) is 0 Å². The molecule has 0 amide bonds. The molecule has 0 saturated heterocycles. The molecule has 0 bridgehead atoms. The van der Waals surface area contributed by atoms with Crippen molar-refractivity contribution in [2.45, 2.75) is 46.0 Å². The molecule has 0 radical (unpaired) electrons. The van der Waals surface area contributed by atoms with E-state index in [4.69, 9.17) is 0 Å². The first-order valence-corrected chi connectivity index (χ1v) is 6.91. The lowest BCUT2D eigenvalue weighted by molar-refractivity contribution is 0.274. The number of nitrogens with one attached hydrogen (secondary N) is 1. The minimum Gasteiger partial charge on any atom is -0.370 e. The monoisotopic (exact) mass is 232 g/mol. The summed E-state index contributed by atoms with van der Waals surface area (Å²) in [5.74, 6) is 2.91. The molecule has 1 fully saturated rings. The van der Waals surface area contributed by atoms with Crippen molar-refractivity contribution < 1.29 is 0 Å². The normalized spacial score (nSPS) is 24.6. The summed E-state index contributed by atoms with van der Waals surface area (Å²) in [5.41, 5.74) is 1.24. The first-order valence-electron chi connectivity index (χ1n) is 6.91. The second-order valence-corrected chi connectivity index (χ2v) is 5.52. The van der Waals surface area contributed by atoms with Crippen LogP contribution in [-0.2, 0) is 0 Å². The summed E-state index contributed by atoms with van der Waals surface area (Å²) in [6, 6.07) is 4.10. The van der Waals surface area contributed by atoms with Crippen molar-refractivity contribution in [2.75, 3.05) is 11.9 Å². The number of rotatable bonds is 4. The smallest absolute Gasteiger partial charge is 0.128 e. The molecule has 1 aliphatic rings. The lowest BCUT2D eigenvalue weighted by Gasteiger charge is -2.26. The highest BCUT2D eigenvalue weighted by atomic mass is 15.0. The van der Waals surface area contributed by atoms with Crippen molar-refractivity contribution >= 4 is 5.82 Å². The van der Waals surface area contributed by atoms with E-state index >= 15 is 0 Å². The summed E-state index contributed by atoms with van der Waals surface area (Å²) in [6.07, 6.45) is 8.85. The van der Waals surface area contributed by atoms with E-state index in [1.165, 1.54) is 37.7 Å². The van der Waals surface area contributed by atoms with E-state index in [0.717, 1.165) is 24.2 Å². The molecular formula is C15H24N2. The third-order valence-corrected chi connectivity index (χ3v) is 3.90. The fourth-order valence-electron chi connectivity index (χ4n) is 2.89. The predicted molar refractivity (Wildman–Crippen MR) is 73.2 cm³/mol. The number of hydrogen-bond acceptors (Lipinski definition) is 2. The van der Waals surface area contributed by atoms with Crippen molar-refractivity contribution in [2.24, 2.45) is 11.8 Å². The lowest BCUT2D eigenvalue weighted by atomic mass is 9.81. The Morgan fingerprint density at radius 1 is 1.41 bits per heavy atom. The van der Waals surface area contributed by atoms with E-state index in [0.29, 0.717) is 0 Å². The molecule has 1 N–H and O–H groups in total. The van der Waals surface area contributed by atoms with Crippen LogP contribution in [-0.4, -0.2) is 11.5 Å². The van der Waals surface area contributed by atoms with Gasteiger partial charge in [0.2, 0.25) is 0 Å². The molecule has 0 spiro atoms. The topological polar surface area (TPSA) is 24.9 Å². The van der Waals surface area contributed by atoms with Gasteiger partial charge >= 0.3 is 0 Å². The maximum absolute atomic E-state index is 4.36. The minimum absolute atomic E-state index is 0.926. The number of aryl methyl sites for hydroxylation is 1. The maximum Gasteiger partial charge on any atom is 0.128 e. The van der Waals surface area contributed by atoms with E-state index in [1.54, 1.807) is 0 Å². The summed E-state index contributed by atoms with van der Waals surface area (Å²) in [5, 5.41) is 3.46. The molecule has 1 heterocycles. The second kappa shape index (κ2) is 6.04. The molecule has 2 rings (SSSR count). The molecule has 2 unspecified atom stereocenters. The van der Waals surface area contributed by atoms with Crippen molar-refractivity contribution in [1.29, 1.82) is 0 Å². The number of anilines is 1. The molecule has 1 saturated carbocycles. The van der Waals surface area contributed by atoms with Crippen LogP contribution in [0.15, 0.2) is 18.3 Å². The summed E-state index contributed by atoms with van der Waals surface area (Å²) in [6.45, 7) is 5.57. The fourth-order valence-corrected chi connectivity index (χ4v) is 2.89. The molecule has 2 heteroatoms. The molecule has 1 aromatic heterocycles. The van der Waals surface area contributed by atoms with Gasteiger partial charge in [0.1, 0.15) is 5.82 Å². The van der Waals surface area contributed by atoms with Crippen LogP contribution in [0.2, 0.25) is 0 Å². The molecule has 1 aliphatic carbocycles. The van der Waals surface area contributed by atoms with Gasteiger partial charge in [0, 0.05) is 12.7 Å². The van der Waals surface area contributed by atoms with E-state index in [-0.39, 0.29) is 0 Å². The molecule has 2 nitrogen and oxygen atoms in total. The zero-order chi connectivity index (χ0) is 12.1. The molecular weight excluding hydrogens is 208 g/mol. The second-order valence-electron chi connectivity index (χ2n) is 5.52. The molecule has 0 aromatic carbocycles. The summed E-state index contributed by atoms with van der Waals surface area (Å²) in [7, 11) is 0. The minimum atomic E-state index is 0.926. The van der Waals surface area contributed by atoms with Gasteiger partial charge in [-0.2, -0.15) is 0 Å². The van der Waals surface area contributed by atoms with Crippen molar-refractivity contribution in [3.05, 3.63) is 23.9 Å². The van der Waals surface area contributed by atoms with Crippen LogP contribution < -0.4 is 5.32 Å². The van der Waals surface area contributed by atoms with Gasteiger partial charge in [0.05, 0.1) is 0 Å². The van der Waals surface area contributed by atoms with Crippen LogP contribution in [0.5, 0.6) is 0 Å². The van der Waals surface area contributed by atoms with Crippen molar-refractivity contribution in [3.63, 3.8) is 0 Å².